The molecule has 0 N–H and O–H groups in total. The van der Waals surface area contributed by atoms with Gasteiger partial charge in [-0.2, -0.15) is 0 Å². The molecule has 0 aliphatic carbocycles. The summed E-state index contributed by atoms with van der Waals surface area (Å²) in [4.78, 5) is 33.6. The van der Waals surface area contributed by atoms with Crippen LogP contribution in [0.15, 0.2) is 30.3 Å². The third-order valence-electron chi connectivity index (χ3n) is 5.56. The largest absolute Gasteiger partial charge is 0.335 e. The number of carbonyl (C=O) groups is 2. The Morgan fingerprint density at radius 3 is 2.39 bits per heavy atom. The van der Waals surface area contributed by atoms with Crippen molar-refractivity contribution in [2.24, 2.45) is 0 Å². The van der Waals surface area contributed by atoms with Crippen molar-refractivity contribution >= 4 is 23.2 Å². The van der Waals surface area contributed by atoms with Crippen LogP contribution >= 0.6 is 11.3 Å². The average molecular weight is 402 g/mol. The van der Waals surface area contributed by atoms with E-state index in [1.165, 1.54) is 29.1 Å². The topological polar surface area (TPSA) is 43.9 Å². The molecule has 1 aromatic carbocycles. The number of benzene rings is 1. The summed E-state index contributed by atoms with van der Waals surface area (Å²) in [6.45, 7) is 7.66. The van der Waals surface area contributed by atoms with Crippen LogP contribution in [0.1, 0.15) is 37.4 Å². The Morgan fingerprint density at radius 1 is 1.00 bits per heavy atom. The molecule has 0 spiro atoms. The van der Waals surface area contributed by atoms with Crippen LogP contribution in [-0.2, 0) is 13.0 Å². The minimum atomic E-state index is -0.349. The van der Waals surface area contributed by atoms with Crippen LogP contribution < -0.4 is 0 Å². The zero-order valence-corrected chi connectivity index (χ0v) is 16.8. The minimum Gasteiger partial charge on any atom is -0.335 e. The molecular weight excluding hydrogens is 377 g/mol. The first-order valence-electron chi connectivity index (χ1n) is 9.73. The molecule has 2 amide bonds. The second kappa shape index (κ2) is 8.01. The number of rotatable bonds is 3. The van der Waals surface area contributed by atoms with Crippen LogP contribution in [0, 0.1) is 5.82 Å². The van der Waals surface area contributed by atoms with Crippen LogP contribution in [0.25, 0.3) is 0 Å². The van der Waals surface area contributed by atoms with E-state index in [0.717, 1.165) is 49.6 Å². The molecule has 0 radical (unpaired) electrons. The quantitative estimate of drug-likeness (QED) is 0.794. The maximum atomic E-state index is 13.1. The summed E-state index contributed by atoms with van der Waals surface area (Å²) in [6, 6.07) is 7.61. The van der Waals surface area contributed by atoms with Crippen molar-refractivity contribution in [1.29, 1.82) is 0 Å². The molecule has 2 aliphatic heterocycles. The number of piperazine rings is 1. The number of carbonyl (C=O) groups excluding carboxylic acids is 2. The van der Waals surface area contributed by atoms with Gasteiger partial charge >= 0.3 is 0 Å². The van der Waals surface area contributed by atoms with Crippen molar-refractivity contribution in [3.05, 3.63) is 57.0 Å². The molecule has 0 unspecified atom stereocenters. The Labute approximate surface area is 168 Å². The third kappa shape index (κ3) is 3.82. The lowest BCUT2D eigenvalue weighted by atomic mass is 10.1. The van der Waals surface area contributed by atoms with Gasteiger partial charge in [0.2, 0.25) is 0 Å². The lowest BCUT2D eigenvalue weighted by Crippen LogP contribution is -2.48. The first kappa shape index (κ1) is 19.1. The lowest BCUT2D eigenvalue weighted by Gasteiger charge is -2.33. The average Bonchev–Trinajstić information content (AvgIpc) is 3.16. The monoisotopic (exact) mass is 401 g/mol. The Bertz CT molecular complexity index is 872. The van der Waals surface area contributed by atoms with Crippen LogP contribution in [-0.4, -0.2) is 65.8 Å². The van der Waals surface area contributed by atoms with E-state index in [4.69, 9.17) is 0 Å². The van der Waals surface area contributed by atoms with Crippen molar-refractivity contribution in [2.45, 2.75) is 19.9 Å². The van der Waals surface area contributed by atoms with E-state index < -0.39 is 0 Å². The van der Waals surface area contributed by atoms with Gasteiger partial charge in [0.25, 0.3) is 11.8 Å². The molecule has 1 aromatic heterocycles. The van der Waals surface area contributed by atoms with Crippen molar-refractivity contribution in [1.82, 2.24) is 14.7 Å². The number of fused-ring (bicyclic) bond motifs is 1. The number of amides is 2. The van der Waals surface area contributed by atoms with Crippen molar-refractivity contribution in [2.75, 3.05) is 39.3 Å². The van der Waals surface area contributed by atoms with E-state index >= 15 is 0 Å². The zero-order chi connectivity index (χ0) is 19.7. The van der Waals surface area contributed by atoms with Crippen LogP contribution in [0.3, 0.4) is 0 Å². The smallest absolute Gasteiger partial charge is 0.264 e. The van der Waals surface area contributed by atoms with Crippen LogP contribution in [0.4, 0.5) is 4.39 Å². The second-order valence-electron chi connectivity index (χ2n) is 7.27. The predicted octanol–water partition coefficient (Wildman–Crippen LogP) is 2.86. The van der Waals surface area contributed by atoms with E-state index in [0.29, 0.717) is 18.7 Å². The molecule has 3 heterocycles. The van der Waals surface area contributed by atoms with Gasteiger partial charge in [-0.25, -0.2) is 4.39 Å². The van der Waals surface area contributed by atoms with Crippen molar-refractivity contribution in [3.8, 4) is 0 Å². The van der Waals surface area contributed by atoms with E-state index in [1.807, 2.05) is 11.0 Å². The predicted molar refractivity (Wildman–Crippen MR) is 107 cm³/mol. The fourth-order valence-electron chi connectivity index (χ4n) is 3.81. The highest BCUT2D eigenvalue weighted by atomic mass is 32.1. The van der Waals surface area contributed by atoms with E-state index in [-0.39, 0.29) is 17.6 Å². The summed E-state index contributed by atoms with van der Waals surface area (Å²) in [7, 11) is 0. The molecule has 2 aromatic rings. The van der Waals surface area contributed by atoms with Gasteiger partial charge in [0.1, 0.15) is 5.82 Å². The molecule has 0 bridgehead atoms. The molecule has 2 aliphatic rings. The SMILES string of the molecule is CCN1CCN(C(=O)c2cc3c(s2)CCN(C(=O)c2ccc(F)cc2)C3)CC1. The molecular formula is C21H24FN3O2S. The first-order valence-corrected chi connectivity index (χ1v) is 10.5. The van der Waals surface area contributed by atoms with E-state index in [1.54, 1.807) is 16.2 Å². The van der Waals surface area contributed by atoms with Crippen molar-refractivity contribution < 1.29 is 14.0 Å². The number of hydrogen-bond acceptors (Lipinski definition) is 4. The third-order valence-corrected chi connectivity index (χ3v) is 6.79. The summed E-state index contributed by atoms with van der Waals surface area (Å²) in [5, 5.41) is 0. The Hall–Kier alpha value is -2.25. The summed E-state index contributed by atoms with van der Waals surface area (Å²) in [5.41, 5.74) is 1.55. The lowest BCUT2D eigenvalue weighted by molar-refractivity contribution is 0.0648. The summed E-state index contributed by atoms with van der Waals surface area (Å²) >= 11 is 1.56. The van der Waals surface area contributed by atoms with E-state index in [2.05, 4.69) is 11.8 Å². The van der Waals surface area contributed by atoms with Gasteiger partial charge in [-0.15, -0.1) is 11.3 Å². The number of nitrogens with zero attached hydrogens (tertiary/aromatic N) is 3. The number of likely N-dealkylation sites (N-methyl/N-ethyl adjacent to an activating group) is 1. The number of thiophene rings is 1. The van der Waals surface area contributed by atoms with Gasteiger partial charge in [-0.3, -0.25) is 9.59 Å². The highest BCUT2D eigenvalue weighted by Gasteiger charge is 2.27. The standard InChI is InChI=1S/C21H24FN3O2S/c1-2-23-9-11-24(12-10-23)21(27)19-13-16-14-25(8-7-18(16)28-19)20(26)15-3-5-17(22)6-4-15/h3-6,13H,2,7-12,14H2,1H3. The highest BCUT2D eigenvalue weighted by molar-refractivity contribution is 7.14. The first-order chi connectivity index (χ1) is 13.5. The maximum Gasteiger partial charge on any atom is 0.264 e. The van der Waals surface area contributed by atoms with Gasteiger partial charge in [-0.1, -0.05) is 6.92 Å². The fraction of sp³-hybridized carbons (Fsp3) is 0.429. The normalized spacial score (nSPS) is 17.5. The Kier molecular flexibility index (Phi) is 5.46. The van der Waals surface area contributed by atoms with Gasteiger partial charge in [0.05, 0.1) is 4.88 Å². The summed E-state index contributed by atoms with van der Waals surface area (Å²) < 4.78 is 13.1. The second-order valence-corrected chi connectivity index (χ2v) is 8.41. The van der Waals surface area contributed by atoms with Gasteiger partial charge in [-0.05, 0) is 48.9 Å². The van der Waals surface area contributed by atoms with Crippen LogP contribution in [0.2, 0.25) is 0 Å². The molecule has 1 saturated heterocycles. The van der Waals surface area contributed by atoms with Crippen LogP contribution in [0.5, 0.6) is 0 Å². The number of halogens is 1. The molecule has 4 rings (SSSR count). The van der Waals surface area contributed by atoms with Gasteiger partial charge < -0.3 is 14.7 Å². The van der Waals surface area contributed by atoms with Gasteiger partial charge in [0.15, 0.2) is 0 Å². The molecule has 148 valence electrons. The highest BCUT2D eigenvalue weighted by Crippen LogP contribution is 2.30. The van der Waals surface area contributed by atoms with Crippen molar-refractivity contribution in [3.63, 3.8) is 0 Å². The molecule has 7 heteroatoms. The molecule has 0 saturated carbocycles. The van der Waals surface area contributed by atoms with Gasteiger partial charge in [0, 0.05) is 49.7 Å². The zero-order valence-electron chi connectivity index (χ0n) is 16.0. The molecule has 28 heavy (non-hydrogen) atoms. The Morgan fingerprint density at radius 2 is 1.71 bits per heavy atom. The minimum absolute atomic E-state index is 0.0968. The maximum absolute atomic E-state index is 13.1. The summed E-state index contributed by atoms with van der Waals surface area (Å²) in [5.74, 6) is -0.342. The summed E-state index contributed by atoms with van der Waals surface area (Å²) in [6.07, 6.45) is 0.754. The molecule has 0 atom stereocenters. The Balaban J connectivity index is 1.44. The molecule has 5 nitrogen and oxygen atoms in total. The molecule has 1 fully saturated rings. The fourth-order valence-corrected chi connectivity index (χ4v) is 4.94. The number of hydrogen-bond donors (Lipinski definition) is 0. The van der Waals surface area contributed by atoms with E-state index in [9.17, 15) is 14.0 Å².